The molecule has 152 valence electrons. The molecule has 0 saturated carbocycles. The van der Waals surface area contributed by atoms with Crippen molar-refractivity contribution in [2.45, 2.75) is 65.3 Å². The first-order chi connectivity index (χ1) is 12.8. The Balaban J connectivity index is 1.88. The number of aromatic nitrogens is 3. The second kappa shape index (κ2) is 9.80. The van der Waals surface area contributed by atoms with Crippen molar-refractivity contribution in [3.63, 3.8) is 0 Å². The van der Waals surface area contributed by atoms with Gasteiger partial charge in [-0.25, -0.2) is 4.68 Å². The fourth-order valence-corrected chi connectivity index (χ4v) is 3.08. The van der Waals surface area contributed by atoms with Crippen molar-refractivity contribution in [3.8, 4) is 0 Å². The summed E-state index contributed by atoms with van der Waals surface area (Å²) in [4.78, 5) is 26.8. The zero-order chi connectivity index (χ0) is 20.0. The van der Waals surface area contributed by atoms with Gasteiger partial charge >= 0.3 is 0 Å². The molecule has 1 aromatic heterocycles. The molecule has 1 fully saturated rings. The van der Waals surface area contributed by atoms with E-state index in [4.69, 9.17) is 4.74 Å². The van der Waals surface area contributed by atoms with E-state index in [0.717, 1.165) is 0 Å². The van der Waals surface area contributed by atoms with Crippen molar-refractivity contribution in [2.75, 3.05) is 19.7 Å². The van der Waals surface area contributed by atoms with Crippen molar-refractivity contribution in [1.29, 1.82) is 0 Å². The number of hydrogen-bond donors (Lipinski definition) is 2. The lowest BCUT2D eigenvalue weighted by atomic mass is 10.1. The number of amides is 2. The van der Waals surface area contributed by atoms with E-state index in [1.807, 2.05) is 27.7 Å². The van der Waals surface area contributed by atoms with Crippen molar-refractivity contribution in [3.05, 3.63) is 11.9 Å². The molecule has 9 nitrogen and oxygen atoms in total. The van der Waals surface area contributed by atoms with E-state index in [-0.39, 0.29) is 29.5 Å². The molecule has 2 amide bonds. The minimum atomic E-state index is -0.517. The molecule has 9 heteroatoms. The molecule has 2 rings (SSSR count). The van der Waals surface area contributed by atoms with Crippen LogP contribution in [0.25, 0.3) is 0 Å². The average Bonchev–Trinajstić information content (AvgIpc) is 3.28. The molecule has 1 aliphatic rings. The van der Waals surface area contributed by atoms with Gasteiger partial charge in [0, 0.05) is 25.7 Å². The number of nitrogens with one attached hydrogen (secondary N) is 1. The van der Waals surface area contributed by atoms with Crippen LogP contribution in [0.15, 0.2) is 6.20 Å². The second-order valence-corrected chi connectivity index (χ2v) is 7.25. The van der Waals surface area contributed by atoms with E-state index in [2.05, 4.69) is 15.6 Å². The van der Waals surface area contributed by atoms with E-state index < -0.39 is 12.2 Å². The third-order valence-electron chi connectivity index (χ3n) is 4.67. The maximum Gasteiger partial charge on any atom is 0.273 e. The molecule has 3 atom stereocenters. The van der Waals surface area contributed by atoms with Crippen molar-refractivity contribution in [2.24, 2.45) is 5.92 Å². The maximum absolute atomic E-state index is 12.7. The Bertz CT molecular complexity index is 633. The molecule has 2 heterocycles. The SMILES string of the molecule is CCOC(C(=O)N1CC[C@@H](NC(=O)c2cn(CC(O)CC)nn2)C1)C(C)C. The summed E-state index contributed by atoms with van der Waals surface area (Å²) >= 11 is 0. The van der Waals surface area contributed by atoms with E-state index in [1.54, 1.807) is 4.90 Å². The van der Waals surface area contributed by atoms with E-state index in [0.29, 0.717) is 39.1 Å². The first-order valence-corrected chi connectivity index (χ1v) is 9.65. The van der Waals surface area contributed by atoms with Crippen LogP contribution in [0.1, 0.15) is 51.0 Å². The van der Waals surface area contributed by atoms with E-state index in [9.17, 15) is 14.7 Å². The second-order valence-electron chi connectivity index (χ2n) is 7.25. The number of carbonyl (C=O) groups is 2. The van der Waals surface area contributed by atoms with Crippen LogP contribution in [0.2, 0.25) is 0 Å². The Morgan fingerprint density at radius 1 is 1.41 bits per heavy atom. The summed E-state index contributed by atoms with van der Waals surface area (Å²) in [6, 6.07) is -0.123. The summed E-state index contributed by atoms with van der Waals surface area (Å²) < 4.78 is 7.05. The van der Waals surface area contributed by atoms with Crippen LogP contribution >= 0.6 is 0 Å². The average molecular weight is 381 g/mol. The largest absolute Gasteiger partial charge is 0.391 e. The lowest BCUT2D eigenvalue weighted by Gasteiger charge is -2.25. The van der Waals surface area contributed by atoms with Gasteiger partial charge in [-0.2, -0.15) is 0 Å². The molecule has 0 bridgehead atoms. The predicted octanol–water partition coefficient (Wildman–Crippen LogP) is 0.441. The van der Waals surface area contributed by atoms with Gasteiger partial charge in [0.1, 0.15) is 6.10 Å². The highest BCUT2D eigenvalue weighted by Gasteiger charge is 2.33. The van der Waals surface area contributed by atoms with Crippen LogP contribution in [0, 0.1) is 5.92 Å². The minimum absolute atomic E-state index is 0.0249. The summed E-state index contributed by atoms with van der Waals surface area (Å²) in [6.07, 6.45) is 1.85. The van der Waals surface area contributed by atoms with Gasteiger partial charge in [0.2, 0.25) is 0 Å². The monoisotopic (exact) mass is 381 g/mol. The van der Waals surface area contributed by atoms with Crippen molar-refractivity contribution < 1.29 is 19.4 Å². The predicted molar refractivity (Wildman–Crippen MR) is 99.0 cm³/mol. The number of rotatable bonds is 9. The third kappa shape index (κ3) is 5.74. The van der Waals surface area contributed by atoms with Gasteiger partial charge in [-0.15, -0.1) is 5.10 Å². The summed E-state index contributed by atoms with van der Waals surface area (Å²) in [6.45, 7) is 9.53. The van der Waals surface area contributed by atoms with Crippen LogP contribution in [0.4, 0.5) is 0 Å². The van der Waals surface area contributed by atoms with Gasteiger partial charge in [0.25, 0.3) is 11.8 Å². The first kappa shape index (κ1) is 21.3. The smallest absolute Gasteiger partial charge is 0.273 e. The zero-order valence-corrected chi connectivity index (χ0v) is 16.6. The summed E-state index contributed by atoms with van der Waals surface area (Å²) in [7, 11) is 0. The molecule has 1 aromatic rings. The highest BCUT2D eigenvalue weighted by molar-refractivity contribution is 5.92. The molecule has 1 aliphatic heterocycles. The molecular formula is C18H31N5O4. The van der Waals surface area contributed by atoms with Gasteiger partial charge in [-0.3, -0.25) is 9.59 Å². The molecule has 2 unspecified atom stereocenters. The number of ether oxygens (including phenoxy) is 1. The molecule has 27 heavy (non-hydrogen) atoms. The molecule has 1 saturated heterocycles. The van der Waals surface area contributed by atoms with Crippen LogP contribution in [0.5, 0.6) is 0 Å². The van der Waals surface area contributed by atoms with Crippen LogP contribution in [0.3, 0.4) is 0 Å². The molecule has 0 radical (unpaired) electrons. The number of hydrogen-bond acceptors (Lipinski definition) is 6. The summed E-state index contributed by atoms with van der Waals surface area (Å²) in [5.74, 6) is -0.251. The number of aliphatic hydroxyl groups is 1. The Kier molecular flexibility index (Phi) is 7.73. The Morgan fingerprint density at radius 2 is 2.15 bits per heavy atom. The van der Waals surface area contributed by atoms with E-state index >= 15 is 0 Å². The number of carbonyl (C=O) groups excluding carboxylic acids is 2. The van der Waals surface area contributed by atoms with E-state index in [1.165, 1.54) is 10.9 Å². The van der Waals surface area contributed by atoms with Gasteiger partial charge in [0.05, 0.1) is 18.8 Å². The standard InChI is InChI=1S/C18H31N5O4/c1-5-14(24)10-23-11-15(20-21-23)17(25)19-13-7-8-22(9-13)18(26)16(12(3)4)27-6-2/h11-14,16,24H,5-10H2,1-4H3,(H,19,25)/t13-,14?,16?/m1/s1. The fourth-order valence-electron chi connectivity index (χ4n) is 3.08. The van der Waals surface area contributed by atoms with Gasteiger partial charge in [-0.1, -0.05) is 26.0 Å². The molecule has 0 aliphatic carbocycles. The Labute approximate surface area is 160 Å². The number of likely N-dealkylation sites (tertiary alicyclic amines) is 1. The first-order valence-electron chi connectivity index (χ1n) is 9.65. The molecule has 2 N–H and O–H groups in total. The van der Waals surface area contributed by atoms with Gasteiger partial charge < -0.3 is 20.1 Å². The van der Waals surface area contributed by atoms with Crippen molar-refractivity contribution in [1.82, 2.24) is 25.2 Å². The summed E-state index contributed by atoms with van der Waals surface area (Å²) in [5.41, 5.74) is 0.206. The fraction of sp³-hybridized carbons (Fsp3) is 0.778. The lowest BCUT2D eigenvalue weighted by Crippen LogP contribution is -2.44. The quantitative estimate of drug-likeness (QED) is 0.642. The number of aliphatic hydroxyl groups excluding tert-OH is 1. The zero-order valence-electron chi connectivity index (χ0n) is 16.6. The Hall–Kier alpha value is -2.00. The normalized spacial score (nSPS) is 19.3. The van der Waals surface area contributed by atoms with Gasteiger partial charge in [-0.05, 0) is 25.7 Å². The van der Waals surface area contributed by atoms with Crippen LogP contribution in [-0.4, -0.2) is 74.8 Å². The van der Waals surface area contributed by atoms with Crippen molar-refractivity contribution >= 4 is 11.8 Å². The molecule has 0 spiro atoms. The molecule has 0 aromatic carbocycles. The van der Waals surface area contributed by atoms with Gasteiger partial charge in [0.15, 0.2) is 5.69 Å². The minimum Gasteiger partial charge on any atom is -0.391 e. The topological polar surface area (TPSA) is 110 Å². The van der Waals surface area contributed by atoms with Crippen LogP contribution in [-0.2, 0) is 16.1 Å². The maximum atomic E-state index is 12.7. The summed E-state index contributed by atoms with van der Waals surface area (Å²) in [5, 5.41) is 20.3. The van der Waals surface area contributed by atoms with Crippen LogP contribution < -0.4 is 5.32 Å². The highest BCUT2D eigenvalue weighted by Crippen LogP contribution is 2.16. The Morgan fingerprint density at radius 3 is 2.78 bits per heavy atom. The highest BCUT2D eigenvalue weighted by atomic mass is 16.5. The lowest BCUT2D eigenvalue weighted by molar-refractivity contribution is -0.145. The number of nitrogens with zero attached hydrogens (tertiary/aromatic N) is 4. The third-order valence-corrected chi connectivity index (χ3v) is 4.67. The molecular weight excluding hydrogens is 350 g/mol.